The van der Waals surface area contributed by atoms with E-state index in [4.69, 9.17) is 9.47 Å². The van der Waals surface area contributed by atoms with E-state index in [0.717, 1.165) is 45.8 Å². The van der Waals surface area contributed by atoms with Crippen LogP contribution < -0.4 is 0 Å². The van der Waals surface area contributed by atoms with Gasteiger partial charge in [-0.05, 0) is 13.3 Å². The van der Waals surface area contributed by atoms with Crippen molar-refractivity contribution >= 4 is 5.97 Å². The van der Waals surface area contributed by atoms with Crippen LogP contribution in [0.1, 0.15) is 13.3 Å². The predicted octanol–water partition coefficient (Wildman–Crippen LogP) is -0.0440. The summed E-state index contributed by atoms with van der Waals surface area (Å²) in [6.07, 6.45) is 1.15. The van der Waals surface area contributed by atoms with Crippen LogP contribution in [0.3, 0.4) is 0 Å². The average Bonchev–Trinajstić information content (AvgIpc) is 2.79. The number of carbonyl (C=O) groups is 1. The van der Waals surface area contributed by atoms with Gasteiger partial charge >= 0.3 is 5.97 Å². The van der Waals surface area contributed by atoms with E-state index in [1.165, 1.54) is 0 Å². The van der Waals surface area contributed by atoms with Crippen LogP contribution in [-0.4, -0.2) is 74.4 Å². The van der Waals surface area contributed by atoms with Gasteiger partial charge in [0.1, 0.15) is 0 Å². The molecule has 2 saturated heterocycles. The summed E-state index contributed by atoms with van der Waals surface area (Å²) in [5.74, 6) is -0.102. The van der Waals surface area contributed by atoms with Gasteiger partial charge in [0.2, 0.25) is 0 Å². The lowest BCUT2D eigenvalue weighted by Crippen LogP contribution is -2.45. The Bertz CT molecular complexity index is 254. The maximum Gasteiger partial charge on any atom is 0.320 e. The van der Waals surface area contributed by atoms with Crippen LogP contribution in [0.2, 0.25) is 0 Å². The molecule has 0 N–H and O–H groups in total. The van der Waals surface area contributed by atoms with Gasteiger partial charge in [0, 0.05) is 32.2 Å². The largest absolute Gasteiger partial charge is 0.465 e. The lowest BCUT2D eigenvalue weighted by atomic mass is 10.2. The van der Waals surface area contributed by atoms with Gasteiger partial charge in [0.05, 0.1) is 26.4 Å². The molecule has 0 spiro atoms. The van der Waals surface area contributed by atoms with Crippen molar-refractivity contribution in [1.82, 2.24) is 9.80 Å². The third kappa shape index (κ3) is 3.66. The van der Waals surface area contributed by atoms with E-state index < -0.39 is 0 Å². The van der Waals surface area contributed by atoms with Gasteiger partial charge in [-0.3, -0.25) is 14.6 Å². The molecule has 0 aliphatic carbocycles. The molecule has 1 atom stereocenters. The molecule has 0 aromatic carbocycles. The van der Waals surface area contributed by atoms with Crippen molar-refractivity contribution in [2.75, 3.05) is 52.5 Å². The number of morpholine rings is 1. The molecule has 5 heteroatoms. The van der Waals surface area contributed by atoms with Crippen molar-refractivity contribution in [1.29, 1.82) is 0 Å². The highest BCUT2D eigenvalue weighted by molar-refractivity contribution is 5.71. The summed E-state index contributed by atoms with van der Waals surface area (Å²) in [6.45, 7) is 8.48. The summed E-state index contributed by atoms with van der Waals surface area (Å²) >= 11 is 0. The Kier molecular flexibility index (Phi) is 4.76. The zero-order valence-electron chi connectivity index (χ0n) is 10.6. The third-order valence-electron chi connectivity index (χ3n) is 3.47. The van der Waals surface area contributed by atoms with E-state index in [-0.39, 0.29) is 5.97 Å². The first kappa shape index (κ1) is 12.8. The highest BCUT2D eigenvalue weighted by Crippen LogP contribution is 2.16. The second-order valence-electron chi connectivity index (χ2n) is 4.63. The Morgan fingerprint density at radius 2 is 2.12 bits per heavy atom. The van der Waals surface area contributed by atoms with Crippen molar-refractivity contribution in [2.45, 2.75) is 19.4 Å². The van der Waals surface area contributed by atoms with Gasteiger partial charge in [-0.25, -0.2) is 0 Å². The number of nitrogens with zero attached hydrogens (tertiary/aromatic N) is 2. The zero-order chi connectivity index (χ0) is 12.1. The van der Waals surface area contributed by atoms with E-state index in [9.17, 15) is 4.79 Å². The fourth-order valence-corrected chi connectivity index (χ4v) is 2.59. The van der Waals surface area contributed by atoms with Crippen LogP contribution in [0.4, 0.5) is 0 Å². The Hall–Kier alpha value is -0.650. The van der Waals surface area contributed by atoms with Crippen LogP contribution in [0.25, 0.3) is 0 Å². The molecule has 2 fully saturated rings. The maximum absolute atomic E-state index is 11.4. The minimum atomic E-state index is -0.102. The summed E-state index contributed by atoms with van der Waals surface area (Å²) in [5.41, 5.74) is 0. The highest BCUT2D eigenvalue weighted by Gasteiger charge is 2.29. The molecule has 2 rings (SSSR count). The average molecular weight is 242 g/mol. The Morgan fingerprint density at radius 3 is 2.82 bits per heavy atom. The summed E-state index contributed by atoms with van der Waals surface area (Å²) in [5, 5.41) is 0. The minimum absolute atomic E-state index is 0.102. The number of hydrogen-bond donors (Lipinski definition) is 0. The lowest BCUT2D eigenvalue weighted by molar-refractivity contribution is -0.144. The first-order valence-corrected chi connectivity index (χ1v) is 6.49. The smallest absolute Gasteiger partial charge is 0.320 e. The Labute approximate surface area is 103 Å². The summed E-state index contributed by atoms with van der Waals surface area (Å²) in [6, 6.07) is 0.591. The Balaban J connectivity index is 1.73. The summed E-state index contributed by atoms with van der Waals surface area (Å²) in [4.78, 5) is 16.1. The maximum atomic E-state index is 11.4. The van der Waals surface area contributed by atoms with E-state index in [2.05, 4.69) is 9.80 Å². The molecule has 2 aliphatic heterocycles. The fraction of sp³-hybridized carbons (Fsp3) is 0.917. The van der Waals surface area contributed by atoms with Crippen LogP contribution in [0, 0.1) is 0 Å². The van der Waals surface area contributed by atoms with Gasteiger partial charge < -0.3 is 9.47 Å². The number of likely N-dealkylation sites (tertiary alicyclic amines) is 1. The monoisotopic (exact) mass is 242 g/mol. The normalized spacial score (nSPS) is 27.2. The number of ether oxygens (including phenoxy) is 2. The fourth-order valence-electron chi connectivity index (χ4n) is 2.59. The van der Waals surface area contributed by atoms with Crippen LogP contribution in [0.15, 0.2) is 0 Å². The molecule has 0 saturated carbocycles. The van der Waals surface area contributed by atoms with Gasteiger partial charge in [0.15, 0.2) is 0 Å². The number of esters is 1. The predicted molar refractivity (Wildman–Crippen MR) is 63.9 cm³/mol. The van der Waals surface area contributed by atoms with E-state index in [0.29, 0.717) is 19.2 Å². The van der Waals surface area contributed by atoms with E-state index in [1.54, 1.807) is 0 Å². The van der Waals surface area contributed by atoms with Gasteiger partial charge in [-0.2, -0.15) is 0 Å². The Morgan fingerprint density at radius 1 is 1.35 bits per heavy atom. The van der Waals surface area contributed by atoms with Gasteiger partial charge in [-0.1, -0.05) is 0 Å². The molecular formula is C12H22N2O3. The van der Waals surface area contributed by atoms with E-state index >= 15 is 0 Å². The molecular weight excluding hydrogens is 220 g/mol. The third-order valence-corrected chi connectivity index (χ3v) is 3.47. The molecule has 0 radical (unpaired) electrons. The standard InChI is InChI=1S/C12H22N2O3/c1-2-17-12(15)10-13-4-3-11(9-13)14-5-7-16-8-6-14/h11H,2-10H2,1H3. The zero-order valence-corrected chi connectivity index (χ0v) is 10.6. The summed E-state index contributed by atoms with van der Waals surface area (Å²) in [7, 11) is 0. The van der Waals surface area contributed by atoms with Crippen LogP contribution in [0.5, 0.6) is 0 Å². The van der Waals surface area contributed by atoms with Crippen molar-refractivity contribution in [3.8, 4) is 0 Å². The molecule has 5 nitrogen and oxygen atoms in total. The second-order valence-corrected chi connectivity index (χ2v) is 4.63. The lowest BCUT2D eigenvalue weighted by Gasteiger charge is -2.32. The molecule has 0 aromatic heterocycles. The molecule has 17 heavy (non-hydrogen) atoms. The highest BCUT2D eigenvalue weighted by atomic mass is 16.5. The van der Waals surface area contributed by atoms with Crippen molar-refractivity contribution in [3.63, 3.8) is 0 Å². The van der Waals surface area contributed by atoms with Crippen molar-refractivity contribution < 1.29 is 14.3 Å². The van der Waals surface area contributed by atoms with Gasteiger partial charge in [-0.15, -0.1) is 0 Å². The first-order chi connectivity index (χ1) is 8.29. The molecule has 2 aliphatic rings. The topological polar surface area (TPSA) is 42.0 Å². The van der Waals surface area contributed by atoms with Gasteiger partial charge in [0.25, 0.3) is 0 Å². The van der Waals surface area contributed by atoms with E-state index in [1.807, 2.05) is 6.92 Å². The summed E-state index contributed by atoms with van der Waals surface area (Å²) < 4.78 is 10.3. The minimum Gasteiger partial charge on any atom is -0.465 e. The number of carbonyl (C=O) groups excluding carboxylic acids is 1. The van der Waals surface area contributed by atoms with Crippen molar-refractivity contribution in [2.24, 2.45) is 0 Å². The number of hydrogen-bond acceptors (Lipinski definition) is 5. The first-order valence-electron chi connectivity index (χ1n) is 6.49. The second kappa shape index (κ2) is 6.33. The number of rotatable bonds is 4. The molecule has 1 unspecified atom stereocenters. The van der Waals surface area contributed by atoms with Crippen LogP contribution >= 0.6 is 0 Å². The van der Waals surface area contributed by atoms with Crippen LogP contribution in [-0.2, 0) is 14.3 Å². The molecule has 0 aromatic rings. The SMILES string of the molecule is CCOC(=O)CN1CCC(N2CCOCC2)C1. The molecule has 2 heterocycles. The molecule has 0 bridgehead atoms. The molecule has 0 amide bonds. The quantitative estimate of drug-likeness (QED) is 0.647. The molecule has 98 valence electrons. The van der Waals surface area contributed by atoms with Crippen molar-refractivity contribution in [3.05, 3.63) is 0 Å².